The van der Waals surface area contributed by atoms with E-state index in [2.05, 4.69) is 0 Å². The minimum Gasteiger partial charge on any atom is -0.398 e. The lowest BCUT2D eigenvalue weighted by atomic mass is 10.1. The largest absolute Gasteiger partial charge is 0.398 e. The second kappa shape index (κ2) is 5.48. The first kappa shape index (κ1) is 14.6. The number of anilines is 1. The van der Waals surface area contributed by atoms with Gasteiger partial charge in [-0.1, -0.05) is 6.07 Å². The molecule has 1 amide bonds. The van der Waals surface area contributed by atoms with Gasteiger partial charge in [0, 0.05) is 31.0 Å². The van der Waals surface area contributed by atoms with E-state index in [4.69, 9.17) is 5.73 Å². The quantitative estimate of drug-likeness (QED) is 0.866. The normalized spacial score (nSPS) is 15.0. The highest BCUT2D eigenvalue weighted by molar-refractivity contribution is 6.00. The molecule has 0 atom stereocenters. The number of nitrogen functional groups attached to an aromatic ring is 1. The lowest BCUT2D eigenvalue weighted by Gasteiger charge is -2.20. The molecule has 22 heavy (non-hydrogen) atoms. The molecule has 1 aliphatic rings. The van der Waals surface area contributed by atoms with Crippen molar-refractivity contribution in [1.82, 2.24) is 9.47 Å². The molecule has 1 aromatic heterocycles. The summed E-state index contributed by atoms with van der Waals surface area (Å²) >= 11 is 0. The number of hydrogen-bond acceptors (Lipinski definition) is 3. The molecule has 3 rings (SSSR count). The Morgan fingerprint density at radius 3 is 2.55 bits per heavy atom. The van der Waals surface area contributed by atoms with E-state index in [9.17, 15) is 9.59 Å². The van der Waals surface area contributed by atoms with Crippen LogP contribution in [0, 0.1) is 0 Å². The third kappa shape index (κ3) is 2.26. The van der Waals surface area contributed by atoms with Crippen LogP contribution >= 0.6 is 0 Å². The minimum absolute atomic E-state index is 0.134. The molecular weight excluding hydrogens is 278 g/mol. The molecule has 1 fully saturated rings. The molecule has 1 aromatic carbocycles. The molecule has 2 N–H and O–H groups in total. The monoisotopic (exact) mass is 299 g/mol. The van der Waals surface area contributed by atoms with Crippen LogP contribution in [0.3, 0.4) is 0 Å². The summed E-state index contributed by atoms with van der Waals surface area (Å²) in [5.41, 5.74) is 7.17. The van der Waals surface area contributed by atoms with Crippen LogP contribution in [0.1, 0.15) is 43.1 Å². The molecule has 1 aliphatic heterocycles. The van der Waals surface area contributed by atoms with Gasteiger partial charge in [-0.05, 0) is 38.8 Å². The van der Waals surface area contributed by atoms with Gasteiger partial charge in [0.15, 0.2) is 0 Å². The number of pyridine rings is 1. The van der Waals surface area contributed by atoms with Crippen LogP contribution in [0.25, 0.3) is 10.9 Å². The number of amides is 1. The average Bonchev–Trinajstić information content (AvgIpc) is 3.00. The van der Waals surface area contributed by atoms with Crippen LogP contribution in [0.2, 0.25) is 0 Å². The molecule has 2 aromatic rings. The van der Waals surface area contributed by atoms with Crippen molar-refractivity contribution in [2.24, 2.45) is 0 Å². The van der Waals surface area contributed by atoms with Gasteiger partial charge < -0.3 is 15.2 Å². The number of rotatable bonds is 2. The van der Waals surface area contributed by atoms with E-state index < -0.39 is 0 Å². The Kier molecular flexibility index (Phi) is 3.64. The topological polar surface area (TPSA) is 68.3 Å². The van der Waals surface area contributed by atoms with Crippen molar-refractivity contribution in [1.29, 1.82) is 0 Å². The van der Waals surface area contributed by atoms with Crippen LogP contribution in [0.15, 0.2) is 29.2 Å². The predicted molar refractivity (Wildman–Crippen MR) is 88.1 cm³/mol. The average molecular weight is 299 g/mol. The molecule has 0 bridgehead atoms. The van der Waals surface area contributed by atoms with Crippen molar-refractivity contribution in [2.75, 3.05) is 18.8 Å². The van der Waals surface area contributed by atoms with Crippen LogP contribution in [0.4, 0.5) is 5.69 Å². The van der Waals surface area contributed by atoms with Crippen molar-refractivity contribution in [3.63, 3.8) is 0 Å². The highest BCUT2D eigenvalue weighted by Crippen LogP contribution is 2.22. The third-order valence-corrected chi connectivity index (χ3v) is 4.27. The highest BCUT2D eigenvalue weighted by Gasteiger charge is 2.24. The third-order valence-electron chi connectivity index (χ3n) is 4.27. The van der Waals surface area contributed by atoms with Crippen molar-refractivity contribution in [2.45, 2.75) is 32.7 Å². The first-order valence-electron chi connectivity index (χ1n) is 7.73. The summed E-state index contributed by atoms with van der Waals surface area (Å²) in [6, 6.07) is 5.54. The van der Waals surface area contributed by atoms with Gasteiger partial charge in [0.1, 0.15) is 5.56 Å². The van der Waals surface area contributed by atoms with Crippen molar-refractivity contribution < 1.29 is 4.79 Å². The van der Waals surface area contributed by atoms with Crippen molar-refractivity contribution >= 4 is 22.5 Å². The van der Waals surface area contributed by atoms with Gasteiger partial charge in [-0.25, -0.2) is 0 Å². The number of carbonyl (C=O) groups is 1. The standard InChI is InChI=1S/C17H21N3O2/c1-11(2)20-10-12(17(22)19-8-3-4-9-19)16(21)15-13(18)6-5-7-14(15)20/h5-7,10-11H,3-4,8-9,18H2,1-2H3. The lowest BCUT2D eigenvalue weighted by Crippen LogP contribution is -2.33. The van der Waals surface area contributed by atoms with Crippen LogP contribution in [-0.4, -0.2) is 28.5 Å². The molecule has 2 heterocycles. The number of nitrogens with two attached hydrogens (primary N) is 1. The van der Waals surface area contributed by atoms with E-state index >= 15 is 0 Å². The van der Waals surface area contributed by atoms with Gasteiger partial charge >= 0.3 is 0 Å². The fourth-order valence-electron chi connectivity index (χ4n) is 3.09. The Morgan fingerprint density at radius 2 is 1.91 bits per heavy atom. The Labute approximate surface area is 129 Å². The maximum atomic E-state index is 12.8. The van der Waals surface area contributed by atoms with E-state index in [0.29, 0.717) is 11.1 Å². The Bertz CT molecular complexity index is 786. The van der Waals surface area contributed by atoms with Gasteiger partial charge in [-0.3, -0.25) is 9.59 Å². The van der Waals surface area contributed by atoms with Gasteiger partial charge in [0.25, 0.3) is 5.91 Å². The van der Waals surface area contributed by atoms with E-state index in [1.54, 1.807) is 17.2 Å². The summed E-state index contributed by atoms with van der Waals surface area (Å²) < 4.78 is 1.95. The fourth-order valence-corrected chi connectivity index (χ4v) is 3.09. The smallest absolute Gasteiger partial charge is 0.259 e. The SMILES string of the molecule is CC(C)n1cc(C(=O)N2CCCC2)c(=O)c2c(N)cccc21. The first-order valence-corrected chi connectivity index (χ1v) is 7.73. The number of fused-ring (bicyclic) bond motifs is 1. The number of nitrogens with zero attached hydrogens (tertiary/aromatic N) is 2. The molecule has 0 aliphatic carbocycles. The molecule has 0 unspecified atom stereocenters. The summed E-state index contributed by atoms with van der Waals surface area (Å²) in [5, 5.41) is 0.446. The first-order chi connectivity index (χ1) is 10.5. The van der Waals surface area contributed by atoms with E-state index in [1.165, 1.54) is 0 Å². The zero-order chi connectivity index (χ0) is 15.9. The number of carbonyl (C=O) groups excluding carboxylic acids is 1. The molecule has 0 radical (unpaired) electrons. The van der Waals surface area contributed by atoms with Crippen LogP contribution in [0.5, 0.6) is 0 Å². The van der Waals surface area contributed by atoms with Crippen LogP contribution in [-0.2, 0) is 0 Å². The fraction of sp³-hybridized carbons (Fsp3) is 0.412. The van der Waals surface area contributed by atoms with Crippen molar-refractivity contribution in [3.8, 4) is 0 Å². The summed E-state index contributed by atoms with van der Waals surface area (Å²) in [7, 11) is 0. The molecule has 5 nitrogen and oxygen atoms in total. The van der Waals surface area contributed by atoms with E-state index in [0.717, 1.165) is 31.4 Å². The second-order valence-corrected chi connectivity index (χ2v) is 6.11. The maximum Gasteiger partial charge on any atom is 0.259 e. The predicted octanol–water partition coefficient (Wildman–Crippen LogP) is 2.40. The van der Waals surface area contributed by atoms with Gasteiger partial charge in [0.05, 0.1) is 10.9 Å². The molecule has 0 spiro atoms. The Morgan fingerprint density at radius 1 is 1.23 bits per heavy atom. The zero-order valence-corrected chi connectivity index (χ0v) is 13.0. The van der Waals surface area contributed by atoms with Gasteiger partial charge in [-0.15, -0.1) is 0 Å². The molecular formula is C17H21N3O2. The number of likely N-dealkylation sites (tertiary alicyclic amines) is 1. The Balaban J connectivity index is 2.27. The summed E-state index contributed by atoms with van der Waals surface area (Å²) in [5.74, 6) is -0.179. The number of hydrogen-bond donors (Lipinski definition) is 1. The summed E-state index contributed by atoms with van der Waals surface area (Å²) in [6.45, 7) is 5.50. The van der Waals surface area contributed by atoms with Crippen molar-refractivity contribution in [3.05, 3.63) is 40.2 Å². The highest BCUT2D eigenvalue weighted by atomic mass is 16.2. The Hall–Kier alpha value is -2.30. The lowest BCUT2D eigenvalue weighted by molar-refractivity contribution is 0.0791. The molecule has 1 saturated heterocycles. The molecule has 5 heteroatoms. The summed E-state index contributed by atoms with van der Waals surface area (Å²) in [6.07, 6.45) is 3.69. The van der Waals surface area contributed by atoms with Crippen LogP contribution < -0.4 is 11.2 Å². The molecule has 116 valence electrons. The number of benzene rings is 1. The molecule has 0 saturated carbocycles. The van der Waals surface area contributed by atoms with E-state index in [-0.39, 0.29) is 22.9 Å². The minimum atomic E-state index is -0.262. The summed E-state index contributed by atoms with van der Waals surface area (Å²) in [4.78, 5) is 27.2. The maximum absolute atomic E-state index is 12.8. The second-order valence-electron chi connectivity index (χ2n) is 6.11. The van der Waals surface area contributed by atoms with Gasteiger partial charge in [-0.2, -0.15) is 0 Å². The number of aromatic nitrogens is 1. The van der Waals surface area contributed by atoms with Gasteiger partial charge in [0.2, 0.25) is 5.43 Å². The van der Waals surface area contributed by atoms with E-state index in [1.807, 2.05) is 30.5 Å². The zero-order valence-electron chi connectivity index (χ0n) is 13.0.